The van der Waals surface area contributed by atoms with E-state index >= 15 is 0 Å². The van der Waals surface area contributed by atoms with Gasteiger partial charge in [-0.05, 0) is 184 Å². The molecule has 3 aliphatic heterocycles. The predicted octanol–water partition coefficient (Wildman–Crippen LogP) is 11.4. The van der Waals surface area contributed by atoms with E-state index in [0.29, 0.717) is 114 Å². The number of aromatic nitrogens is 8. The van der Waals surface area contributed by atoms with Gasteiger partial charge < -0.3 is 38.5 Å². The number of hydrogen-bond acceptors (Lipinski definition) is 20. The number of thiophene rings is 2. The molecule has 0 aliphatic carbocycles. The SMILES string of the molecule is O=C(CCCc1cn(CCCCCC(=O)N2CCN(C(=O)CCCCCn3cc(CCCC(=O)OCn4c(=O)ccc5ccc(OCCCCN6CCN(c7cccc8sccc78)CC6)cc54)nn3)CC2)nn1)OCn1c(=O)ccc2ccc(OCCCCN3CCN(c4cccc5sccc45)CC3)cc21. The first-order valence-electron chi connectivity index (χ1n) is 38.0. The Hall–Kier alpha value is -9.50. The number of unbranched alkanes of at least 4 members (excludes halogenated alkanes) is 6. The van der Waals surface area contributed by atoms with E-state index < -0.39 is 11.9 Å². The number of anilines is 2. The zero-order valence-corrected chi connectivity index (χ0v) is 62.4. The van der Waals surface area contributed by atoms with Gasteiger partial charge >= 0.3 is 11.9 Å². The maximum atomic E-state index is 13.1. The third-order valence-electron chi connectivity index (χ3n) is 20.6. The van der Waals surface area contributed by atoms with Crippen LogP contribution in [0, 0.1) is 0 Å². The molecule has 3 fully saturated rings. The minimum absolute atomic E-state index is 0.116. The molecule has 0 atom stereocenters. The number of amides is 2. The van der Waals surface area contributed by atoms with Crippen molar-refractivity contribution in [2.24, 2.45) is 0 Å². The summed E-state index contributed by atoms with van der Waals surface area (Å²) in [6.45, 7) is 14.5. The number of hydrogen-bond donors (Lipinski definition) is 0. The fourth-order valence-electron chi connectivity index (χ4n) is 14.5. The molecule has 106 heavy (non-hydrogen) atoms. The number of piperazine rings is 3. The molecule has 0 radical (unpaired) electrons. The van der Waals surface area contributed by atoms with Crippen LogP contribution >= 0.6 is 22.7 Å². The van der Waals surface area contributed by atoms with Gasteiger partial charge in [-0.1, -0.05) is 35.4 Å². The largest absolute Gasteiger partial charge is 0.494 e. The zero-order valence-electron chi connectivity index (χ0n) is 60.7. The van der Waals surface area contributed by atoms with E-state index in [0.717, 1.165) is 152 Å². The third kappa shape index (κ3) is 20.6. The van der Waals surface area contributed by atoms with E-state index in [-0.39, 0.29) is 49.2 Å². The van der Waals surface area contributed by atoms with E-state index in [1.54, 1.807) is 44.2 Å². The molecule has 6 aromatic heterocycles. The van der Waals surface area contributed by atoms with E-state index in [9.17, 15) is 28.8 Å². The molecular formula is C80H98N14O10S2. The number of carbonyl (C=O) groups is 4. The smallest absolute Gasteiger partial charge is 0.307 e. The maximum absolute atomic E-state index is 13.1. The number of aryl methyl sites for hydroxylation is 4. The molecule has 3 saturated heterocycles. The van der Waals surface area contributed by atoms with Gasteiger partial charge in [0.05, 0.1) is 35.6 Å². The van der Waals surface area contributed by atoms with Gasteiger partial charge in [0.2, 0.25) is 11.8 Å². The molecule has 3 aliphatic rings. The van der Waals surface area contributed by atoms with Crippen molar-refractivity contribution in [1.29, 1.82) is 0 Å². The Bertz CT molecular complexity index is 4380. The standard InChI is InChI=1S/C80H98N14O10S2/c95-75(21-3-1-5-37-91-57-63(81-83-91)15-11-23-79(99)103-59-93-71-55-65(29-25-61(71)27-31-77(93)97)101-51-9-7-35-85-39-43-87(44-40-85)69-17-13-19-73-67(69)33-53-105-73)89-47-49-90(50-48-89)76(96)22-4-2-6-38-92-58-64(82-84-92)16-12-24-80(100)104-60-94-72-56-66(30-26-62(72)28-32-78(94)98)102-52-10-8-36-86-41-45-88(46-42-86)70-18-14-20-74-68(70)34-54-106-74/h13-14,17-20,25-34,53-58H,1-12,15-16,21-24,35-52,59-60H2. The highest BCUT2D eigenvalue weighted by molar-refractivity contribution is 7.17. The molecule has 0 saturated carbocycles. The average molecular weight is 1480 g/mol. The Balaban J connectivity index is 0.428. The molecule has 10 aromatic rings. The van der Waals surface area contributed by atoms with Crippen molar-refractivity contribution in [3.05, 3.63) is 164 Å². The summed E-state index contributed by atoms with van der Waals surface area (Å²) < 4.78 is 32.8. The second-order valence-electron chi connectivity index (χ2n) is 28.0. The van der Waals surface area contributed by atoms with E-state index in [4.69, 9.17) is 18.9 Å². The summed E-state index contributed by atoms with van der Waals surface area (Å²) in [4.78, 5) is 92.0. The summed E-state index contributed by atoms with van der Waals surface area (Å²) in [5.74, 6) is 0.768. The van der Waals surface area contributed by atoms with Gasteiger partial charge in [-0.15, -0.1) is 32.9 Å². The Morgan fingerprint density at radius 3 is 1.28 bits per heavy atom. The molecule has 24 nitrogen and oxygen atoms in total. The monoisotopic (exact) mass is 1480 g/mol. The fraction of sp³-hybridized carbons (Fsp3) is 0.475. The van der Waals surface area contributed by atoms with Gasteiger partial charge in [-0.3, -0.25) is 57.1 Å². The minimum atomic E-state index is -0.401. The summed E-state index contributed by atoms with van der Waals surface area (Å²) in [6.07, 6.45) is 16.0. The zero-order chi connectivity index (χ0) is 72.8. The molecule has 4 aromatic carbocycles. The summed E-state index contributed by atoms with van der Waals surface area (Å²) >= 11 is 3.58. The maximum Gasteiger partial charge on any atom is 0.307 e. The highest BCUT2D eigenvalue weighted by atomic mass is 32.1. The number of rotatable bonds is 38. The van der Waals surface area contributed by atoms with Crippen molar-refractivity contribution in [2.45, 2.75) is 142 Å². The van der Waals surface area contributed by atoms with Crippen LogP contribution < -0.4 is 30.4 Å². The Labute approximate surface area is 625 Å². The van der Waals surface area contributed by atoms with Crippen molar-refractivity contribution in [1.82, 2.24) is 58.7 Å². The molecule has 560 valence electrons. The van der Waals surface area contributed by atoms with Crippen LogP contribution in [0.25, 0.3) is 42.0 Å². The predicted molar refractivity (Wildman–Crippen MR) is 415 cm³/mol. The lowest BCUT2D eigenvalue weighted by molar-refractivity contribution is -0.148. The van der Waals surface area contributed by atoms with Crippen LogP contribution in [0.2, 0.25) is 0 Å². The first kappa shape index (κ1) is 74.8. The molecule has 2 amide bonds. The lowest BCUT2D eigenvalue weighted by atomic mass is 10.1. The third-order valence-corrected chi connectivity index (χ3v) is 22.4. The second kappa shape index (κ2) is 37.7. The number of pyridine rings is 2. The summed E-state index contributed by atoms with van der Waals surface area (Å²) in [6, 6.07) is 35.5. The number of nitrogens with zero attached hydrogens (tertiary/aromatic N) is 14. The van der Waals surface area contributed by atoms with Gasteiger partial charge in [0.15, 0.2) is 13.5 Å². The average Bonchev–Trinajstić information content (AvgIpc) is 1.50. The Morgan fingerprint density at radius 1 is 0.415 bits per heavy atom. The summed E-state index contributed by atoms with van der Waals surface area (Å²) in [7, 11) is 0. The highest BCUT2D eigenvalue weighted by Crippen LogP contribution is 2.33. The van der Waals surface area contributed by atoms with Crippen molar-refractivity contribution < 1.29 is 38.1 Å². The fourth-order valence-corrected chi connectivity index (χ4v) is 16.1. The molecule has 0 N–H and O–H groups in total. The van der Waals surface area contributed by atoms with Crippen LogP contribution in [0.4, 0.5) is 11.4 Å². The van der Waals surface area contributed by atoms with Crippen LogP contribution in [0.15, 0.2) is 142 Å². The first-order chi connectivity index (χ1) is 52.0. The highest BCUT2D eigenvalue weighted by Gasteiger charge is 2.25. The number of carbonyl (C=O) groups excluding carboxylic acids is 4. The number of esters is 2. The quantitative estimate of drug-likeness (QED) is 0.0259. The summed E-state index contributed by atoms with van der Waals surface area (Å²) in [5.41, 5.74) is 5.00. The van der Waals surface area contributed by atoms with Gasteiger partial charge in [-0.25, -0.2) is 0 Å². The van der Waals surface area contributed by atoms with E-state index in [1.807, 2.05) is 58.6 Å². The molecule has 0 bridgehead atoms. The lowest BCUT2D eigenvalue weighted by Gasteiger charge is -2.36. The molecule has 0 spiro atoms. The molecule has 0 unspecified atom stereocenters. The van der Waals surface area contributed by atoms with Crippen molar-refractivity contribution >= 4 is 99.8 Å². The molecule has 9 heterocycles. The van der Waals surface area contributed by atoms with Crippen molar-refractivity contribution in [3.63, 3.8) is 0 Å². The first-order valence-corrected chi connectivity index (χ1v) is 39.8. The number of benzene rings is 4. The minimum Gasteiger partial charge on any atom is -0.494 e. The molecule has 13 rings (SSSR count). The van der Waals surface area contributed by atoms with Gasteiger partial charge in [-0.2, -0.15) is 0 Å². The molecular weight excluding hydrogens is 1380 g/mol. The van der Waals surface area contributed by atoms with Crippen LogP contribution in [-0.4, -0.2) is 187 Å². The number of ether oxygens (including phenoxy) is 4. The Morgan fingerprint density at radius 2 is 0.840 bits per heavy atom. The summed E-state index contributed by atoms with van der Waals surface area (Å²) in [5, 5.41) is 25.9. The van der Waals surface area contributed by atoms with Gasteiger partial charge in [0.1, 0.15) is 11.5 Å². The lowest BCUT2D eigenvalue weighted by Crippen LogP contribution is -2.50. The molecule has 26 heteroatoms. The van der Waals surface area contributed by atoms with Crippen molar-refractivity contribution in [3.8, 4) is 11.5 Å². The van der Waals surface area contributed by atoms with Crippen molar-refractivity contribution in [2.75, 3.05) is 115 Å². The van der Waals surface area contributed by atoms with Gasteiger partial charge in [0.25, 0.3) is 11.1 Å². The number of fused-ring (bicyclic) bond motifs is 4. The van der Waals surface area contributed by atoms with Gasteiger partial charge in [0, 0.05) is 186 Å². The van der Waals surface area contributed by atoms with Crippen LogP contribution in [0.3, 0.4) is 0 Å². The van der Waals surface area contributed by atoms with E-state index in [1.165, 1.54) is 52.8 Å². The van der Waals surface area contributed by atoms with Crippen LogP contribution in [0.1, 0.15) is 114 Å². The van der Waals surface area contributed by atoms with E-state index in [2.05, 4.69) is 99.5 Å². The van der Waals surface area contributed by atoms with Crippen LogP contribution in [-0.2, 0) is 68.0 Å². The second-order valence-corrected chi connectivity index (χ2v) is 29.9. The Kier molecular flexibility index (Phi) is 26.6. The van der Waals surface area contributed by atoms with Crippen LogP contribution in [0.5, 0.6) is 11.5 Å². The topological polar surface area (TPSA) is 230 Å². The normalized spacial score (nSPS) is 14.6.